The van der Waals surface area contributed by atoms with Gasteiger partial charge in [-0.3, -0.25) is 9.59 Å². The highest BCUT2D eigenvalue weighted by atomic mass is 16.4. The summed E-state index contributed by atoms with van der Waals surface area (Å²) in [6, 6.07) is 7.96. The molecule has 1 aromatic rings. The highest BCUT2D eigenvalue weighted by molar-refractivity contribution is 5.93. The van der Waals surface area contributed by atoms with Gasteiger partial charge in [0.2, 0.25) is 5.91 Å². The second-order valence-corrected chi connectivity index (χ2v) is 3.99. The molecule has 0 aliphatic carbocycles. The van der Waals surface area contributed by atoms with Crippen molar-refractivity contribution in [3.63, 3.8) is 0 Å². The summed E-state index contributed by atoms with van der Waals surface area (Å²) in [6.07, 6.45) is 0.525. The Hall–Kier alpha value is -1.84. The summed E-state index contributed by atoms with van der Waals surface area (Å²) >= 11 is 0. The Bertz CT molecular complexity index is 398. The first-order valence-electron chi connectivity index (χ1n) is 5.56. The average molecular weight is 235 g/mol. The van der Waals surface area contributed by atoms with E-state index in [0.29, 0.717) is 6.54 Å². The smallest absolute Gasteiger partial charge is 0.312 e. The van der Waals surface area contributed by atoms with Gasteiger partial charge in [-0.25, -0.2) is 0 Å². The first kappa shape index (κ1) is 13.2. The third kappa shape index (κ3) is 4.26. The van der Waals surface area contributed by atoms with Gasteiger partial charge in [0.25, 0.3) is 0 Å². The fourth-order valence-corrected chi connectivity index (χ4v) is 1.51. The van der Waals surface area contributed by atoms with E-state index in [2.05, 4.69) is 6.92 Å². The van der Waals surface area contributed by atoms with Crippen molar-refractivity contribution in [1.29, 1.82) is 0 Å². The van der Waals surface area contributed by atoms with Crippen LogP contribution in [-0.2, 0) is 22.6 Å². The van der Waals surface area contributed by atoms with Crippen LogP contribution in [0.4, 0.5) is 0 Å². The summed E-state index contributed by atoms with van der Waals surface area (Å²) in [6.45, 7) is 2.52. The zero-order chi connectivity index (χ0) is 12.8. The van der Waals surface area contributed by atoms with Gasteiger partial charge in [0, 0.05) is 13.6 Å². The fourth-order valence-electron chi connectivity index (χ4n) is 1.51. The highest BCUT2D eigenvalue weighted by Gasteiger charge is 2.12. The molecule has 1 aromatic carbocycles. The second-order valence-electron chi connectivity index (χ2n) is 3.99. The van der Waals surface area contributed by atoms with Crippen LogP contribution in [0.15, 0.2) is 24.3 Å². The van der Waals surface area contributed by atoms with E-state index in [1.807, 2.05) is 24.3 Å². The number of nitrogens with zero attached hydrogens (tertiary/aromatic N) is 1. The first-order chi connectivity index (χ1) is 8.02. The van der Waals surface area contributed by atoms with Gasteiger partial charge >= 0.3 is 5.97 Å². The van der Waals surface area contributed by atoms with Crippen molar-refractivity contribution in [1.82, 2.24) is 4.90 Å². The molecular weight excluding hydrogens is 218 g/mol. The molecule has 92 valence electrons. The fraction of sp³-hybridized carbons (Fsp3) is 0.385. The lowest BCUT2D eigenvalue weighted by atomic mass is 10.1. The molecule has 0 aliphatic rings. The number of aliphatic carboxylic acids is 1. The summed E-state index contributed by atoms with van der Waals surface area (Å²) < 4.78 is 0. The molecule has 4 heteroatoms. The largest absolute Gasteiger partial charge is 0.481 e. The number of carbonyl (C=O) groups excluding carboxylic acids is 1. The van der Waals surface area contributed by atoms with E-state index in [4.69, 9.17) is 5.11 Å². The van der Waals surface area contributed by atoms with Crippen LogP contribution in [0, 0.1) is 0 Å². The van der Waals surface area contributed by atoms with Gasteiger partial charge in [-0.1, -0.05) is 31.2 Å². The van der Waals surface area contributed by atoms with Crippen molar-refractivity contribution >= 4 is 11.9 Å². The molecule has 1 rings (SSSR count). The quantitative estimate of drug-likeness (QED) is 0.790. The Balaban J connectivity index is 2.57. The van der Waals surface area contributed by atoms with Crippen molar-refractivity contribution in [3.8, 4) is 0 Å². The molecule has 0 aromatic heterocycles. The third-order valence-corrected chi connectivity index (χ3v) is 2.58. The molecule has 1 amide bonds. The zero-order valence-corrected chi connectivity index (χ0v) is 10.1. The minimum atomic E-state index is -1.09. The number of carboxylic acid groups (broad SMARTS) is 1. The van der Waals surface area contributed by atoms with Crippen molar-refractivity contribution in [2.24, 2.45) is 0 Å². The lowest BCUT2D eigenvalue weighted by Gasteiger charge is -2.16. The van der Waals surface area contributed by atoms with Crippen LogP contribution in [0.25, 0.3) is 0 Å². The molecule has 0 atom stereocenters. The Kier molecular flexibility index (Phi) is 4.69. The molecule has 0 radical (unpaired) electrons. The summed E-state index contributed by atoms with van der Waals surface area (Å²) in [5.74, 6) is -1.47. The van der Waals surface area contributed by atoms with Crippen LogP contribution < -0.4 is 0 Å². The molecule has 0 saturated carbocycles. The highest BCUT2D eigenvalue weighted by Crippen LogP contribution is 2.08. The number of hydrogen-bond acceptors (Lipinski definition) is 2. The van der Waals surface area contributed by atoms with Crippen molar-refractivity contribution < 1.29 is 14.7 Å². The number of carbonyl (C=O) groups is 2. The Labute approximate surface area is 101 Å². The zero-order valence-electron chi connectivity index (χ0n) is 10.1. The number of hydrogen-bond donors (Lipinski definition) is 1. The van der Waals surface area contributed by atoms with E-state index in [-0.39, 0.29) is 5.91 Å². The molecule has 0 aliphatic heterocycles. The van der Waals surface area contributed by atoms with Gasteiger partial charge in [-0.15, -0.1) is 0 Å². The minimum Gasteiger partial charge on any atom is -0.481 e. The molecule has 0 fully saturated rings. The number of benzene rings is 1. The van der Waals surface area contributed by atoms with E-state index in [9.17, 15) is 9.59 Å². The number of rotatable bonds is 5. The predicted molar refractivity (Wildman–Crippen MR) is 64.5 cm³/mol. The maximum absolute atomic E-state index is 11.4. The Morgan fingerprint density at radius 1 is 1.18 bits per heavy atom. The van der Waals surface area contributed by atoms with Crippen LogP contribution >= 0.6 is 0 Å². The SMILES string of the molecule is CCc1ccc(CN(C)C(=O)CC(=O)O)cc1. The number of amides is 1. The Morgan fingerprint density at radius 2 is 1.71 bits per heavy atom. The standard InChI is InChI=1S/C13H17NO3/c1-3-10-4-6-11(7-5-10)9-14(2)12(15)8-13(16)17/h4-7H,3,8-9H2,1-2H3,(H,16,17). The number of aryl methyl sites for hydroxylation is 1. The summed E-state index contributed by atoms with van der Waals surface area (Å²) in [4.78, 5) is 23.3. The monoisotopic (exact) mass is 235 g/mol. The molecule has 4 nitrogen and oxygen atoms in total. The van der Waals surface area contributed by atoms with Crippen molar-refractivity contribution in [3.05, 3.63) is 35.4 Å². The molecule has 17 heavy (non-hydrogen) atoms. The van der Waals surface area contributed by atoms with E-state index >= 15 is 0 Å². The molecule has 0 unspecified atom stereocenters. The predicted octanol–water partition coefficient (Wildman–Crippen LogP) is 1.68. The minimum absolute atomic E-state index is 0.378. The van der Waals surface area contributed by atoms with Crippen molar-refractivity contribution in [2.75, 3.05) is 7.05 Å². The summed E-state index contributed by atoms with van der Waals surface area (Å²) in [5, 5.41) is 8.52. The molecule has 1 N–H and O–H groups in total. The third-order valence-electron chi connectivity index (χ3n) is 2.58. The number of carboxylic acids is 1. The van der Waals surface area contributed by atoms with Gasteiger partial charge in [0.15, 0.2) is 0 Å². The van der Waals surface area contributed by atoms with Gasteiger partial charge in [0.05, 0.1) is 0 Å². The van der Waals surface area contributed by atoms with E-state index in [0.717, 1.165) is 12.0 Å². The Morgan fingerprint density at radius 3 is 2.18 bits per heavy atom. The molecule has 0 spiro atoms. The van der Waals surface area contributed by atoms with Gasteiger partial charge in [-0.2, -0.15) is 0 Å². The average Bonchev–Trinajstić information content (AvgIpc) is 2.29. The molecular formula is C13H17NO3. The summed E-state index contributed by atoms with van der Waals surface area (Å²) in [7, 11) is 1.61. The lowest BCUT2D eigenvalue weighted by Crippen LogP contribution is -2.28. The van der Waals surface area contributed by atoms with E-state index < -0.39 is 12.4 Å². The van der Waals surface area contributed by atoms with Gasteiger partial charge in [0.1, 0.15) is 6.42 Å². The van der Waals surface area contributed by atoms with E-state index in [1.54, 1.807) is 7.05 Å². The van der Waals surface area contributed by atoms with E-state index in [1.165, 1.54) is 10.5 Å². The molecule has 0 bridgehead atoms. The van der Waals surface area contributed by atoms with Crippen LogP contribution in [0.1, 0.15) is 24.5 Å². The van der Waals surface area contributed by atoms with Crippen LogP contribution in [0.5, 0.6) is 0 Å². The lowest BCUT2D eigenvalue weighted by molar-refractivity contribution is -0.143. The topological polar surface area (TPSA) is 57.6 Å². The summed E-state index contributed by atoms with van der Waals surface area (Å²) in [5.41, 5.74) is 2.25. The van der Waals surface area contributed by atoms with Gasteiger partial charge < -0.3 is 10.0 Å². The van der Waals surface area contributed by atoms with Crippen molar-refractivity contribution in [2.45, 2.75) is 26.3 Å². The van der Waals surface area contributed by atoms with Gasteiger partial charge in [-0.05, 0) is 17.5 Å². The normalized spacial score (nSPS) is 10.0. The van der Waals surface area contributed by atoms with Crippen LogP contribution in [0.2, 0.25) is 0 Å². The first-order valence-corrected chi connectivity index (χ1v) is 5.56. The maximum atomic E-state index is 11.4. The van der Waals surface area contributed by atoms with Crippen LogP contribution in [-0.4, -0.2) is 28.9 Å². The second kappa shape index (κ2) is 6.03. The molecule has 0 saturated heterocycles. The van der Waals surface area contributed by atoms with Crippen LogP contribution in [0.3, 0.4) is 0 Å². The molecule has 0 heterocycles. The maximum Gasteiger partial charge on any atom is 0.312 e.